The highest BCUT2D eigenvalue weighted by atomic mass is 19.1. The molecule has 0 amide bonds. The Morgan fingerprint density at radius 2 is 2.03 bits per heavy atom. The first kappa shape index (κ1) is 21.2. The van der Waals surface area contributed by atoms with E-state index in [2.05, 4.69) is 27.2 Å². The van der Waals surface area contributed by atoms with E-state index < -0.39 is 0 Å². The van der Waals surface area contributed by atoms with E-state index in [0.29, 0.717) is 6.61 Å². The second-order valence-corrected chi connectivity index (χ2v) is 8.53. The normalized spacial score (nSPS) is 19.5. The first-order valence-electron chi connectivity index (χ1n) is 11.2. The van der Waals surface area contributed by atoms with Crippen LogP contribution in [0.2, 0.25) is 0 Å². The SMILES string of the molecule is COc1cc(C=C2CCCN3C[C@@H](c4ccc(F)cc4)CON=C23)ccc1-n1cnc(C)c1. The fraction of sp³-hybridized carbons (Fsp3) is 0.308. The van der Waals surface area contributed by atoms with Crippen LogP contribution >= 0.6 is 0 Å². The van der Waals surface area contributed by atoms with Crippen molar-refractivity contribution in [2.24, 2.45) is 5.16 Å². The zero-order valence-electron chi connectivity index (χ0n) is 18.9. The summed E-state index contributed by atoms with van der Waals surface area (Å²) >= 11 is 0. The minimum atomic E-state index is -0.224. The molecule has 2 aliphatic heterocycles. The van der Waals surface area contributed by atoms with Gasteiger partial charge in [0, 0.05) is 25.2 Å². The fourth-order valence-corrected chi connectivity index (χ4v) is 4.51. The van der Waals surface area contributed by atoms with E-state index in [-0.39, 0.29) is 11.7 Å². The fourth-order valence-electron chi connectivity index (χ4n) is 4.51. The molecule has 0 spiro atoms. The van der Waals surface area contributed by atoms with Crippen LogP contribution in [0, 0.1) is 12.7 Å². The number of oxime groups is 1. The van der Waals surface area contributed by atoms with Crippen molar-refractivity contribution in [2.45, 2.75) is 25.7 Å². The predicted molar refractivity (Wildman–Crippen MR) is 126 cm³/mol. The third-order valence-electron chi connectivity index (χ3n) is 6.20. The second kappa shape index (κ2) is 9.10. The average Bonchev–Trinajstić information content (AvgIpc) is 3.13. The van der Waals surface area contributed by atoms with Gasteiger partial charge in [-0.25, -0.2) is 9.37 Å². The van der Waals surface area contributed by atoms with Gasteiger partial charge in [0.05, 0.1) is 24.8 Å². The third-order valence-corrected chi connectivity index (χ3v) is 6.20. The Morgan fingerprint density at radius 3 is 2.79 bits per heavy atom. The summed E-state index contributed by atoms with van der Waals surface area (Å²) in [5, 5.41) is 4.48. The van der Waals surface area contributed by atoms with Gasteiger partial charge >= 0.3 is 0 Å². The van der Waals surface area contributed by atoms with Gasteiger partial charge in [0.25, 0.3) is 0 Å². The Bertz CT molecular complexity index is 1200. The first-order chi connectivity index (χ1) is 16.1. The van der Waals surface area contributed by atoms with Gasteiger partial charge in [0.2, 0.25) is 0 Å². The van der Waals surface area contributed by atoms with Crippen LogP contribution in [0.3, 0.4) is 0 Å². The molecule has 1 fully saturated rings. The molecule has 7 heteroatoms. The summed E-state index contributed by atoms with van der Waals surface area (Å²) < 4.78 is 21.0. The van der Waals surface area contributed by atoms with Crippen LogP contribution in [0.5, 0.6) is 5.75 Å². The second-order valence-electron chi connectivity index (χ2n) is 8.53. The lowest BCUT2D eigenvalue weighted by Crippen LogP contribution is -2.39. The Kier molecular flexibility index (Phi) is 5.86. The number of ether oxygens (including phenoxy) is 1. The van der Waals surface area contributed by atoms with Crippen LogP contribution in [-0.2, 0) is 4.84 Å². The summed E-state index contributed by atoms with van der Waals surface area (Å²) in [6.45, 7) is 4.17. The van der Waals surface area contributed by atoms with Crippen LogP contribution in [0.4, 0.5) is 4.39 Å². The highest BCUT2D eigenvalue weighted by Crippen LogP contribution is 2.30. The summed E-state index contributed by atoms with van der Waals surface area (Å²) in [7, 11) is 1.68. The predicted octanol–water partition coefficient (Wildman–Crippen LogP) is 4.94. The summed E-state index contributed by atoms with van der Waals surface area (Å²) in [6.07, 6.45) is 7.91. The van der Waals surface area contributed by atoms with Gasteiger partial charge in [-0.3, -0.25) is 0 Å². The van der Waals surface area contributed by atoms with Gasteiger partial charge in [0.15, 0.2) is 5.84 Å². The maximum absolute atomic E-state index is 13.4. The zero-order chi connectivity index (χ0) is 22.8. The first-order valence-corrected chi connectivity index (χ1v) is 11.2. The highest BCUT2D eigenvalue weighted by Gasteiger charge is 2.28. The van der Waals surface area contributed by atoms with Gasteiger partial charge < -0.3 is 19.0 Å². The van der Waals surface area contributed by atoms with E-state index in [1.807, 2.05) is 42.0 Å². The Balaban J connectivity index is 1.40. The number of rotatable bonds is 4. The van der Waals surface area contributed by atoms with Gasteiger partial charge in [-0.1, -0.05) is 23.4 Å². The molecule has 3 heterocycles. The Morgan fingerprint density at radius 1 is 1.18 bits per heavy atom. The van der Waals surface area contributed by atoms with E-state index in [1.165, 1.54) is 12.1 Å². The molecular weight excluding hydrogens is 419 g/mol. The zero-order valence-corrected chi connectivity index (χ0v) is 18.9. The molecule has 5 rings (SSSR count). The molecule has 0 saturated carbocycles. The number of amidine groups is 1. The van der Waals surface area contributed by atoms with Crippen molar-refractivity contribution in [3.8, 4) is 11.4 Å². The van der Waals surface area contributed by atoms with E-state index in [0.717, 1.165) is 65.6 Å². The molecule has 3 aromatic rings. The lowest BCUT2D eigenvalue weighted by atomic mass is 9.96. The average molecular weight is 447 g/mol. The van der Waals surface area contributed by atoms with Crippen molar-refractivity contribution >= 4 is 11.9 Å². The summed E-state index contributed by atoms with van der Waals surface area (Å²) in [5.74, 6) is 1.59. The lowest BCUT2D eigenvalue weighted by molar-refractivity contribution is 0.135. The molecule has 170 valence electrons. The number of hydrogen-bond donors (Lipinski definition) is 0. The molecule has 1 saturated heterocycles. The van der Waals surface area contributed by atoms with Crippen LogP contribution in [0.25, 0.3) is 11.8 Å². The van der Waals surface area contributed by atoms with Crippen LogP contribution in [0.15, 0.2) is 65.7 Å². The molecule has 0 aliphatic carbocycles. The van der Waals surface area contributed by atoms with Crippen molar-refractivity contribution in [2.75, 3.05) is 26.8 Å². The van der Waals surface area contributed by atoms with Gasteiger partial charge in [-0.15, -0.1) is 0 Å². The van der Waals surface area contributed by atoms with Crippen molar-refractivity contribution in [3.05, 3.63) is 83.2 Å². The van der Waals surface area contributed by atoms with Crippen molar-refractivity contribution in [1.29, 1.82) is 0 Å². The summed E-state index contributed by atoms with van der Waals surface area (Å²) in [6, 6.07) is 12.9. The number of methoxy groups -OCH3 is 1. The molecule has 0 N–H and O–H groups in total. The summed E-state index contributed by atoms with van der Waals surface area (Å²) in [5.41, 5.74) is 5.17. The smallest absolute Gasteiger partial charge is 0.171 e. The van der Waals surface area contributed by atoms with Crippen LogP contribution in [0.1, 0.15) is 35.6 Å². The molecule has 0 unspecified atom stereocenters. The number of nitrogens with zero attached hydrogens (tertiary/aromatic N) is 4. The minimum absolute atomic E-state index is 0.143. The van der Waals surface area contributed by atoms with E-state index in [4.69, 9.17) is 9.57 Å². The third kappa shape index (κ3) is 4.49. The number of halogens is 1. The largest absolute Gasteiger partial charge is 0.495 e. The maximum atomic E-state index is 13.4. The van der Waals surface area contributed by atoms with Gasteiger partial charge in [-0.2, -0.15) is 0 Å². The number of hydrogen-bond acceptors (Lipinski definition) is 5. The summed E-state index contributed by atoms with van der Waals surface area (Å²) in [4.78, 5) is 12.3. The van der Waals surface area contributed by atoms with E-state index in [1.54, 1.807) is 13.4 Å². The monoisotopic (exact) mass is 446 g/mol. The topological polar surface area (TPSA) is 51.9 Å². The van der Waals surface area contributed by atoms with Crippen LogP contribution in [-0.4, -0.2) is 47.1 Å². The van der Waals surface area contributed by atoms with E-state index >= 15 is 0 Å². The molecule has 2 aliphatic rings. The van der Waals surface area contributed by atoms with E-state index in [9.17, 15) is 4.39 Å². The molecular formula is C26H27FN4O2. The number of aromatic nitrogens is 2. The Labute approximate surface area is 192 Å². The molecule has 2 aromatic carbocycles. The molecule has 1 atom stereocenters. The molecule has 0 radical (unpaired) electrons. The minimum Gasteiger partial charge on any atom is -0.495 e. The Hall–Kier alpha value is -3.61. The molecule has 1 aromatic heterocycles. The number of piperidine rings is 1. The number of benzene rings is 2. The quantitative estimate of drug-likeness (QED) is 0.570. The molecule has 33 heavy (non-hydrogen) atoms. The van der Waals surface area contributed by atoms with Crippen molar-refractivity contribution in [1.82, 2.24) is 14.5 Å². The van der Waals surface area contributed by atoms with Crippen molar-refractivity contribution in [3.63, 3.8) is 0 Å². The number of aryl methyl sites for hydroxylation is 1. The van der Waals surface area contributed by atoms with Crippen LogP contribution < -0.4 is 4.74 Å². The number of imidazole rings is 1. The maximum Gasteiger partial charge on any atom is 0.171 e. The standard InChI is InChI=1S/C26H27FN4O2/c1-18-14-31(17-28-18)24-10-5-19(13-25(24)32-2)12-21-4-3-11-30-15-22(16-33-29-26(21)30)20-6-8-23(27)9-7-20/h5-10,12-14,17,22H,3-4,11,15-16H2,1-2H3/t22-/m1/s1. The lowest BCUT2D eigenvalue weighted by Gasteiger charge is -2.31. The number of fused-ring (bicyclic) bond motifs is 1. The van der Waals surface area contributed by atoms with Gasteiger partial charge in [0.1, 0.15) is 18.2 Å². The van der Waals surface area contributed by atoms with Crippen molar-refractivity contribution < 1.29 is 14.0 Å². The van der Waals surface area contributed by atoms with Gasteiger partial charge in [-0.05, 0) is 66.8 Å². The highest BCUT2D eigenvalue weighted by molar-refractivity contribution is 6.02. The molecule has 6 nitrogen and oxygen atoms in total. The molecule has 0 bridgehead atoms.